The molecule has 0 saturated carbocycles. The summed E-state index contributed by atoms with van der Waals surface area (Å²) in [4.78, 5) is 43.7. The molecule has 5 heterocycles. The van der Waals surface area contributed by atoms with E-state index in [1.165, 1.54) is 4.90 Å². The summed E-state index contributed by atoms with van der Waals surface area (Å²) in [6.07, 6.45) is 6.67. The molecular formula is C24H25N5O6. The van der Waals surface area contributed by atoms with Gasteiger partial charge in [0.2, 0.25) is 5.91 Å². The second-order valence-electron chi connectivity index (χ2n) is 9.19. The van der Waals surface area contributed by atoms with Crippen molar-refractivity contribution >= 4 is 28.8 Å². The van der Waals surface area contributed by atoms with Gasteiger partial charge in [-0.15, -0.1) is 5.10 Å². The first-order valence-corrected chi connectivity index (χ1v) is 11.7. The molecule has 2 aromatic rings. The third-order valence-electron chi connectivity index (χ3n) is 7.28. The van der Waals surface area contributed by atoms with Gasteiger partial charge in [-0.2, -0.15) is 0 Å². The Morgan fingerprint density at radius 2 is 2.00 bits per heavy atom. The van der Waals surface area contributed by atoms with Crippen LogP contribution in [0.5, 0.6) is 0 Å². The lowest BCUT2D eigenvalue weighted by molar-refractivity contribution is -0.153. The van der Waals surface area contributed by atoms with Crippen molar-refractivity contribution in [2.45, 2.75) is 30.8 Å². The van der Waals surface area contributed by atoms with Gasteiger partial charge in [-0.05, 0) is 24.6 Å². The highest BCUT2D eigenvalue weighted by Gasteiger charge is 2.71. The number of likely N-dealkylation sites (tertiary alicyclic amines) is 1. The van der Waals surface area contributed by atoms with Gasteiger partial charge in [-0.3, -0.25) is 14.4 Å². The molecule has 2 saturated heterocycles. The fourth-order valence-corrected chi connectivity index (χ4v) is 5.81. The quantitative estimate of drug-likeness (QED) is 0.464. The second-order valence-corrected chi connectivity index (χ2v) is 9.19. The highest BCUT2D eigenvalue weighted by Crippen LogP contribution is 2.53. The zero-order chi connectivity index (χ0) is 24.2. The molecule has 2 amide bonds. The van der Waals surface area contributed by atoms with Gasteiger partial charge < -0.3 is 24.4 Å². The molecule has 4 aliphatic heterocycles. The van der Waals surface area contributed by atoms with Gasteiger partial charge in [-0.25, -0.2) is 4.68 Å². The lowest BCUT2D eigenvalue weighted by Crippen LogP contribution is -2.55. The maximum atomic E-state index is 14.1. The van der Waals surface area contributed by atoms with Crippen molar-refractivity contribution in [3.63, 3.8) is 0 Å². The van der Waals surface area contributed by atoms with E-state index in [2.05, 4.69) is 10.3 Å². The number of aliphatic hydroxyl groups excluding tert-OH is 1. The second kappa shape index (κ2) is 8.28. The lowest BCUT2D eigenvalue weighted by atomic mass is 9.78. The first-order valence-electron chi connectivity index (χ1n) is 11.7. The van der Waals surface area contributed by atoms with Gasteiger partial charge in [0.25, 0.3) is 5.91 Å². The molecule has 4 aliphatic rings. The Bertz CT molecular complexity index is 1260. The number of carbonyl (C=O) groups is 3. The summed E-state index contributed by atoms with van der Waals surface area (Å²) in [7, 11) is 0. The van der Waals surface area contributed by atoms with Gasteiger partial charge in [0, 0.05) is 19.7 Å². The number of hydrogen-bond acceptors (Lipinski definition) is 8. The summed E-state index contributed by atoms with van der Waals surface area (Å²) >= 11 is 0. The number of benzene rings is 1. The summed E-state index contributed by atoms with van der Waals surface area (Å²) in [6.45, 7) is 0.569. The molecule has 2 fully saturated rings. The largest absolute Gasteiger partial charge is 0.461 e. The van der Waals surface area contributed by atoms with E-state index in [4.69, 9.17) is 9.47 Å². The van der Waals surface area contributed by atoms with Crippen molar-refractivity contribution < 1.29 is 29.0 Å². The van der Waals surface area contributed by atoms with Crippen LogP contribution in [0.15, 0.2) is 48.6 Å². The average Bonchev–Trinajstić information content (AvgIpc) is 3.40. The molecule has 1 aromatic heterocycles. The molecule has 5 atom stereocenters. The predicted molar refractivity (Wildman–Crippen MR) is 120 cm³/mol. The number of ether oxygens (including phenoxy) is 2. The smallest absolute Gasteiger partial charge is 0.313 e. The van der Waals surface area contributed by atoms with E-state index in [0.29, 0.717) is 11.9 Å². The van der Waals surface area contributed by atoms with Crippen molar-refractivity contribution in [3.8, 4) is 0 Å². The van der Waals surface area contributed by atoms with Crippen LogP contribution in [0.3, 0.4) is 0 Å². The first kappa shape index (κ1) is 21.9. The standard InChI is InChI=1S/C24H25N5O6/c30-12-5-11-28-20-22(32)27(14-29-16-7-2-1-6-15(16)25-26-29)10-4-9-24(20)19(21(28)31)18-17(35-24)8-3-13-34-23(18)33/h1-4,6-9,17-20,30H,5,10-14H2/t17-,18+,19-,20?,24-/m0/s1. The molecule has 6 rings (SSSR count). The van der Waals surface area contributed by atoms with E-state index in [0.717, 1.165) is 5.52 Å². The van der Waals surface area contributed by atoms with Gasteiger partial charge in [0.05, 0.1) is 17.5 Å². The molecule has 1 spiro atoms. The number of nitrogens with zero attached hydrogens (tertiary/aromatic N) is 5. The average molecular weight is 479 g/mol. The monoisotopic (exact) mass is 479 g/mol. The third kappa shape index (κ3) is 3.22. The van der Waals surface area contributed by atoms with Gasteiger partial charge in [0.1, 0.15) is 36.4 Å². The molecule has 35 heavy (non-hydrogen) atoms. The Labute approximate surface area is 200 Å². The maximum absolute atomic E-state index is 14.1. The minimum absolute atomic E-state index is 0.120. The van der Waals surface area contributed by atoms with Crippen LogP contribution in [0.1, 0.15) is 6.42 Å². The number of fused-ring (bicyclic) bond motifs is 3. The molecule has 1 N–H and O–H groups in total. The molecule has 182 valence electrons. The Morgan fingerprint density at radius 3 is 2.86 bits per heavy atom. The Morgan fingerprint density at radius 1 is 1.14 bits per heavy atom. The van der Waals surface area contributed by atoms with Crippen molar-refractivity contribution in [2.75, 3.05) is 26.3 Å². The molecule has 0 radical (unpaired) electrons. The number of cyclic esters (lactones) is 1. The van der Waals surface area contributed by atoms with Crippen LogP contribution in [0.4, 0.5) is 0 Å². The maximum Gasteiger partial charge on any atom is 0.313 e. The molecule has 1 aromatic carbocycles. The van der Waals surface area contributed by atoms with Crippen molar-refractivity contribution in [1.29, 1.82) is 0 Å². The van der Waals surface area contributed by atoms with Crippen LogP contribution < -0.4 is 0 Å². The summed E-state index contributed by atoms with van der Waals surface area (Å²) in [5, 5.41) is 17.8. The summed E-state index contributed by atoms with van der Waals surface area (Å²) in [5.74, 6) is -2.88. The number of hydrogen-bond donors (Lipinski definition) is 1. The molecule has 11 heteroatoms. The van der Waals surface area contributed by atoms with Crippen LogP contribution in [0.25, 0.3) is 11.0 Å². The summed E-state index contributed by atoms with van der Waals surface area (Å²) in [6, 6.07) is 6.49. The van der Waals surface area contributed by atoms with E-state index < -0.39 is 35.6 Å². The van der Waals surface area contributed by atoms with E-state index in [1.807, 2.05) is 30.3 Å². The molecule has 1 unspecified atom stereocenters. The normalized spacial score (nSPS) is 31.9. The van der Waals surface area contributed by atoms with Crippen LogP contribution in [0, 0.1) is 11.8 Å². The SMILES string of the molecule is O=C1OCC=C[C@@H]2O[C@]34C=CCN(Cn5nnc6ccccc65)C(=O)C3N(CCCO)C(=O)[C@@H]4[C@H]12. The topological polar surface area (TPSA) is 127 Å². The van der Waals surface area contributed by atoms with Gasteiger partial charge >= 0.3 is 5.97 Å². The summed E-state index contributed by atoms with van der Waals surface area (Å²) in [5.41, 5.74) is 0.193. The number of amides is 2. The fourth-order valence-electron chi connectivity index (χ4n) is 5.81. The zero-order valence-electron chi connectivity index (χ0n) is 18.9. The highest BCUT2D eigenvalue weighted by molar-refractivity contribution is 5.99. The van der Waals surface area contributed by atoms with Crippen LogP contribution in [-0.2, 0) is 30.5 Å². The van der Waals surface area contributed by atoms with E-state index in [1.54, 1.807) is 27.8 Å². The van der Waals surface area contributed by atoms with E-state index >= 15 is 0 Å². The van der Waals surface area contributed by atoms with E-state index in [9.17, 15) is 19.5 Å². The van der Waals surface area contributed by atoms with Crippen LogP contribution in [-0.4, -0.2) is 91.7 Å². The fraction of sp³-hybridized carbons (Fsp3) is 0.458. The summed E-state index contributed by atoms with van der Waals surface area (Å²) < 4.78 is 13.4. The third-order valence-corrected chi connectivity index (χ3v) is 7.28. The number of para-hydroxylation sites is 1. The van der Waals surface area contributed by atoms with Crippen LogP contribution in [0.2, 0.25) is 0 Å². The minimum atomic E-state index is -1.31. The minimum Gasteiger partial charge on any atom is -0.461 e. The highest BCUT2D eigenvalue weighted by atomic mass is 16.6. The molecule has 0 bridgehead atoms. The number of esters is 1. The Balaban J connectivity index is 1.39. The van der Waals surface area contributed by atoms with E-state index in [-0.39, 0.29) is 44.8 Å². The molecule has 11 nitrogen and oxygen atoms in total. The lowest BCUT2D eigenvalue weighted by Gasteiger charge is -2.35. The van der Waals surface area contributed by atoms with Crippen molar-refractivity contribution in [1.82, 2.24) is 24.8 Å². The Kier molecular flexibility index (Phi) is 5.19. The first-order chi connectivity index (χ1) is 17.0. The number of carbonyl (C=O) groups excluding carboxylic acids is 3. The molecule has 0 aliphatic carbocycles. The molecular weight excluding hydrogens is 454 g/mol. The van der Waals surface area contributed by atoms with Crippen LogP contribution >= 0.6 is 0 Å². The van der Waals surface area contributed by atoms with Gasteiger partial charge in [0.15, 0.2) is 0 Å². The predicted octanol–water partition coefficient (Wildman–Crippen LogP) is -0.137. The number of rotatable bonds is 5. The number of aliphatic hydroxyl groups is 1. The van der Waals surface area contributed by atoms with Gasteiger partial charge in [-0.1, -0.05) is 35.6 Å². The van der Waals surface area contributed by atoms with Crippen molar-refractivity contribution in [3.05, 3.63) is 48.6 Å². The van der Waals surface area contributed by atoms with Crippen molar-refractivity contribution in [2.24, 2.45) is 11.8 Å². The number of aromatic nitrogens is 3. The Hall–Kier alpha value is -3.57. The zero-order valence-corrected chi connectivity index (χ0v) is 18.9.